The van der Waals surface area contributed by atoms with Crippen LogP contribution in [0.2, 0.25) is 5.02 Å². The van der Waals surface area contributed by atoms with E-state index in [0.29, 0.717) is 33.4 Å². The van der Waals surface area contributed by atoms with Crippen molar-refractivity contribution >= 4 is 55.8 Å². The molecule has 28 heavy (non-hydrogen) atoms. The molecule has 0 spiro atoms. The van der Waals surface area contributed by atoms with Gasteiger partial charge < -0.3 is 14.8 Å². The number of anilines is 2. The number of pyridine rings is 1. The van der Waals surface area contributed by atoms with Crippen molar-refractivity contribution in [2.45, 2.75) is 13.8 Å². The Labute approximate surface area is 174 Å². The predicted octanol–water partition coefficient (Wildman–Crippen LogP) is 6.11. The van der Waals surface area contributed by atoms with Crippen molar-refractivity contribution in [3.05, 3.63) is 57.4 Å². The van der Waals surface area contributed by atoms with Crippen LogP contribution in [-0.4, -0.2) is 24.2 Å². The number of aromatic nitrogens is 1. The lowest BCUT2D eigenvalue weighted by Crippen LogP contribution is -2.10. The Hall–Kier alpha value is -2.38. The second kappa shape index (κ2) is 8.75. The van der Waals surface area contributed by atoms with Gasteiger partial charge >= 0.3 is 5.97 Å². The molecule has 2 aromatic carbocycles. The number of carbonyl (C=O) groups is 1. The third-order valence-electron chi connectivity index (χ3n) is 3.93. The highest BCUT2D eigenvalue weighted by Gasteiger charge is 2.20. The van der Waals surface area contributed by atoms with E-state index >= 15 is 0 Å². The predicted molar refractivity (Wildman–Crippen MR) is 111 cm³/mol. The van der Waals surface area contributed by atoms with Crippen molar-refractivity contribution in [1.29, 1.82) is 0 Å². The summed E-state index contributed by atoms with van der Waals surface area (Å²) in [7, 11) is 0. The summed E-state index contributed by atoms with van der Waals surface area (Å²) in [5.41, 5.74) is 1.26. The van der Waals surface area contributed by atoms with E-state index < -0.39 is 11.8 Å². The Morgan fingerprint density at radius 2 is 2.07 bits per heavy atom. The van der Waals surface area contributed by atoms with Gasteiger partial charge in [0.2, 0.25) is 0 Å². The lowest BCUT2D eigenvalue weighted by molar-refractivity contribution is 0.0527. The van der Waals surface area contributed by atoms with E-state index in [1.54, 1.807) is 25.1 Å². The SMILES string of the molecule is CCOC(=O)c1cnc2cc(OCC)c(Br)cc2c1Nc1cccc(Cl)c1F. The van der Waals surface area contributed by atoms with Crippen LogP contribution in [-0.2, 0) is 4.74 Å². The second-order valence-electron chi connectivity index (χ2n) is 5.73. The van der Waals surface area contributed by atoms with Gasteiger partial charge in [0.1, 0.15) is 11.3 Å². The lowest BCUT2D eigenvalue weighted by Gasteiger charge is -2.16. The van der Waals surface area contributed by atoms with Crippen molar-refractivity contribution in [2.75, 3.05) is 18.5 Å². The average molecular weight is 468 g/mol. The number of hydrogen-bond acceptors (Lipinski definition) is 5. The van der Waals surface area contributed by atoms with Crippen molar-refractivity contribution in [2.24, 2.45) is 0 Å². The van der Waals surface area contributed by atoms with E-state index in [2.05, 4.69) is 26.2 Å². The molecule has 8 heteroatoms. The smallest absolute Gasteiger partial charge is 0.341 e. The number of nitrogens with zero attached hydrogens (tertiary/aromatic N) is 1. The van der Waals surface area contributed by atoms with Crippen LogP contribution in [0.25, 0.3) is 10.9 Å². The molecule has 0 bridgehead atoms. The summed E-state index contributed by atoms with van der Waals surface area (Å²) in [6.07, 6.45) is 1.40. The first-order valence-corrected chi connectivity index (χ1v) is 9.76. The third kappa shape index (κ3) is 4.05. The standard InChI is InChI=1S/C20H17BrClFN2O3/c1-3-27-17-9-16-11(8-13(17)21)19(12(10-24-16)20(26)28-4-2)25-15-7-5-6-14(22)18(15)23/h5-10H,3-4H2,1-2H3,(H,24,25). The zero-order valence-electron chi connectivity index (χ0n) is 15.2. The molecule has 0 fully saturated rings. The molecule has 0 saturated carbocycles. The van der Waals surface area contributed by atoms with Gasteiger partial charge in [0, 0.05) is 17.6 Å². The Balaban J connectivity index is 2.22. The summed E-state index contributed by atoms with van der Waals surface area (Å²) < 4.78 is 25.8. The number of nitrogens with one attached hydrogen (secondary N) is 1. The molecule has 146 valence electrons. The summed E-state index contributed by atoms with van der Waals surface area (Å²) in [4.78, 5) is 16.8. The number of hydrogen-bond donors (Lipinski definition) is 1. The molecule has 0 saturated heterocycles. The Kier molecular flexibility index (Phi) is 6.36. The van der Waals surface area contributed by atoms with Crippen molar-refractivity contribution in [3.8, 4) is 5.75 Å². The minimum Gasteiger partial charge on any atom is -0.493 e. The number of rotatable bonds is 6. The van der Waals surface area contributed by atoms with Crippen LogP contribution < -0.4 is 10.1 Å². The van der Waals surface area contributed by atoms with Crippen molar-refractivity contribution in [3.63, 3.8) is 0 Å². The number of esters is 1. The highest BCUT2D eigenvalue weighted by Crippen LogP contribution is 2.37. The van der Waals surface area contributed by atoms with Gasteiger partial charge in [-0.2, -0.15) is 0 Å². The van der Waals surface area contributed by atoms with Crippen LogP contribution in [0.3, 0.4) is 0 Å². The van der Waals surface area contributed by atoms with Gasteiger partial charge in [-0.05, 0) is 48.0 Å². The van der Waals surface area contributed by atoms with Gasteiger partial charge in [-0.1, -0.05) is 17.7 Å². The summed E-state index contributed by atoms with van der Waals surface area (Å²) in [6, 6.07) is 8.11. The first-order chi connectivity index (χ1) is 13.5. The monoisotopic (exact) mass is 466 g/mol. The maximum atomic E-state index is 14.5. The Morgan fingerprint density at radius 3 is 2.79 bits per heavy atom. The quantitative estimate of drug-likeness (QED) is 0.443. The second-order valence-corrected chi connectivity index (χ2v) is 6.99. The van der Waals surface area contributed by atoms with E-state index in [9.17, 15) is 9.18 Å². The van der Waals surface area contributed by atoms with Gasteiger partial charge in [-0.15, -0.1) is 0 Å². The molecule has 1 aromatic heterocycles. The number of fused-ring (bicyclic) bond motifs is 1. The molecular formula is C20H17BrClFN2O3. The van der Waals surface area contributed by atoms with Gasteiger partial charge in [0.25, 0.3) is 0 Å². The van der Waals surface area contributed by atoms with E-state index in [-0.39, 0.29) is 22.9 Å². The summed E-state index contributed by atoms with van der Waals surface area (Å²) >= 11 is 9.35. The molecule has 0 atom stereocenters. The average Bonchev–Trinajstić information content (AvgIpc) is 2.67. The topological polar surface area (TPSA) is 60.5 Å². The number of ether oxygens (including phenoxy) is 2. The number of halogens is 3. The maximum absolute atomic E-state index is 14.5. The highest BCUT2D eigenvalue weighted by atomic mass is 79.9. The Bertz CT molecular complexity index is 1050. The summed E-state index contributed by atoms with van der Waals surface area (Å²) in [6.45, 7) is 4.28. The molecular weight excluding hydrogens is 451 g/mol. The summed E-state index contributed by atoms with van der Waals surface area (Å²) in [5.74, 6) is -0.563. The molecule has 1 N–H and O–H groups in total. The zero-order chi connectivity index (χ0) is 20.3. The van der Waals surface area contributed by atoms with Crippen LogP contribution in [0.1, 0.15) is 24.2 Å². The largest absolute Gasteiger partial charge is 0.493 e. The maximum Gasteiger partial charge on any atom is 0.341 e. The van der Waals surface area contributed by atoms with Crippen LogP contribution in [0.5, 0.6) is 5.75 Å². The number of benzene rings is 2. The molecule has 0 aliphatic heterocycles. The van der Waals surface area contributed by atoms with Gasteiger partial charge in [-0.3, -0.25) is 4.98 Å². The Morgan fingerprint density at radius 1 is 1.29 bits per heavy atom. The normalized spacial score (nSPS) is 10.8. The number of carbonyl (C=O) groups excluding carboxylic acids is 1. The first kappa shape index (κ1) is 20.4. The third-order valence-corrected chi connectivity index (χ3v) is 4.84. The fourth-order valence-electron chi connectivity index (χ4n) is 2.69. The molecule has 0 radical (unpaired) electrons. The molecule has 0 amide bonds. The van der Waals surface area contributed by atoms with E-state index in [1.807, 2.05) is 6.92 Å². The van der Waals surface area contributed by atoms with Crippen LogP contribution >= 0.6 is 27.5 Å². The molecule has 3 rings (SSSR count). The molecule has 5 nitrogen and oxygen atoms in total. The van der Waals surface area contributed by atoms with Crippen molar-refractivity contribution in [1.82, 2.24) is 4.98 Å². The lowest BCUT2D eigenvalue weighted by atomic mass is 10.1. The molecule has 0 aliphatic rings. The molecule has 3 aromatic rings. The molecule has 1 heterocycles. The highest BCUT2D eigenvalue weighted by molar-refractivity contribution is 9.10. The van der Waals surface area contributed by atoms with Crippen molar-refractivity contribution < 1.29 is 18.7 Å². The van der Waals surface area contributed by atoms with E-state index in [1.165, 1.54) is 18.3 Å². The first-order valence-electron chi connectivity index (χ1n) is 8.59. The van der Waals surface area contributed by atoms with Crippen LogP contribution in [0.15, 0.2) is 41.0 Å². The fraction of sp³-hybridized carbons (Fsp3) is 0.200. The minimum atomic E-state index is -0.617. The molecule has 0 unspecified atom stereocenters. The molecule has 0 aliphatic carbocycles. The van der Waals surface area contributed by atoms with Crippen LogP contribution in [0, 0.1) is 5.82 Å². The zero-order valence-corrected chi connectivity index (χ0v) is 17.5. The fourth-order valence-corrected chi connectivity index (χ4v) is 3.33. The van der Waals surface area contributed by atoms with Gasteiger partial charge in [-0.25, -0.2) is 9.18 Å². The van der Waals surface area contributed by atoms with Gasteiger partial charge in [0.05, 0.1) is 39.6 Å². The van der Waals surface area contributed by atoms with Crippen LogP contribution in [0.4, 0.5) is 15.8 Å². The van der Waals surface area contributed by atoms with E-state index in [4.69, 9.17) is 21.1 Å². The summed E-state index contributed by atoms with van der Waals surface area (Å²) in [5, 5.41) is 3.55. The van der Waals surface area contributed by atoms with Gasteiger partial charge in [0.15, 0.2) is 5.82 Å². The minimum absolute atomic E-state index is 0.0270. The van der Waals surface area contributed by atoms with E-state index in [0.717, 1.165) is 0 Å².